The molecule has 0 saturated carbocycles. The molecule has 11 nitrogen and oxygen atoms in total. The summed E-state index contributed by atoms with van der Waals surface area (Å²) >= 11 is 6.75. The molecule has 0 atom stereocenters. The number of carbonyl (C=O) groups excluding carboxylic acids is 1. The third-order valence-electron chi connectivity index (χ3n) is 11.2. The summed E-state index contributed by atoms with van der Waals surface area (Å²) in [6.45, 7) is 7.39. The Morgan fingerprint density at radius 3 is 1.03 bits per heavy atom. The van der Waals surface area contributed by atoms with Crippen LogP contribution in [0.1, 0.15) is 62.4 Å². The Bertz CT molecular complexity index is 2360. The standard InChI is InChI=1S/C28H32O5S.C26H28O5.C2H6OS.CH3I/c1-27(2,26(30)34-19-18-29)20-33-28(21-8-6-5-7-9-21,22-10-14-24(31-3)15-11-22)23-12-16-25(32-4)17-13-23;1-25(2,24(27)28)18-31-26(19-8-6-5-7-9-19,20-10-14-22(29-3)15-11-20)21-12-16-23(30-4)17-13-21;3-1-2-4;1-2/h5-17,29H,18-20H2,1-4H3;5-17H,18H2,1-4H3,(H,27,28);3-4H,1-2H2;1H3/i;;;1D. The third-order valence-corrected chi connectivity index (χ3v) is 12.6. The second-order valence-electron chi connectivity index (χ2n) is 17.0. The van der Waals surface area contributed by atoms with Crippen LogP contribution >= 0.6 is 47.0 Å². The first-order valence-corrected chi connectivity index (χ1v) is 25.7. The lowest BCUT2D eigenvalue weighted by Crippen LogP contribution is -2.39. The molecule has 0 aliphatic heterocycles. The van der Waals surface area contributed by atoms with Gasteiger partial charge in [-0.15, -0.1) is 0 Å². The van der Waals surface area contributed by atoms with Crippen molar-refractivity contribution in [3.05, 3.63) is 191 Å². The van der Waals surface area contributed by atoms with Crippen LogP contribution in [0.3, 0.4) is 0 Å². The SMILES string of the molecule is COc1ccc(C(OCC(C)(C)C(=O)O)(c2ccccc2)c2ccc(OC)cc2)cc1.COc1ccc(C(OCC(C)(C)C(=O)SCCO)(c2ccccc2)c2ccc(OC)cc2)cc1.OCCS.[2H]CI. The second-order valence-corrected chi connectivity index (χ2v) is 18.5. The molecule has 0 radical (unpaired) electrons. The number of aliphatic carboxylic acids is 1. The van der Waals surface area contributed by atoms with Crippen molar-refractivity contribution < 1.29 is 54.7 Å². The average molecular weight is 1120 g/mol. The summed E-state index contributed by atoms with van der Waals surface area (Å²) in [5.74, 6) is 2.97. The fraction of sp³-hybridized carbons (Fsp3) is 0.333. The van der Waals surface area contributed by atoms with Gasteiger partial charge in [-0.3, -0.25) is 9.59 Å². The predicted molar refractivity (Wildman–Crippen MR) is 297 cm³/mol. The molecular weight excluding hydrogens is 1050 g/mol. The van der Waals surface area contributed by atoms with E-state index in [1.54, 1.807) is 42.3 Å². The maximum atomic E-state index is 12.9. The lowest BCUT2D eigenvalue weighted by molar-refractivity contribution is -0.153. The van der Waals surface area contributed by atoms with E-state index in [2.05, 4.69) is 12.6 Å². The van der Waals surface area contributed by atoms with Gasteiger partial charge in [0.2, 0.25) is 0 Å². The van der Waals surface area contributed by atoms with Crippen molar-refractivity contribution in [1.29, 1.82) is 0 Å². The summed E-state index contributed by atoms with van der Waals surface area (Å²) in [7, 11) is 6.51. The third kappa shape index (κ3) is 16.2. The van der Waals surface area contributed by atoms with Crippen LogP contribution in [0.4, 0.5) is 0 Å². The Hall–Kier alpha value is -5.07. The highest BCUT2D eigenvalue weighted by Gasteiger charge is 2.42. The van der Waals surface area contributed by atoms with E-state index in [0.717, 1.165) is 68.1 Å². The van der Waals surface area contributed by atoms with Crippen molar-refractivity contribution in [2.75, 3.05) is 71.3 Å². The quantitative estimate of drug-likeness (QED) is 0.0235. The lowest BCUT2D eigenvalue weighted by Gasteiger charge is -2.38. The molecular formula is C57H69IO11S2. The zero-order valence-corrected chi connectivity index (χ0v) is 45.7. The van der Waals surface area contributed by atoms with Crippen molar-refractivity contribution in [2.45, 2.75) is 38.9 Å². The van der Waals surface area contributed by atoms with Crippen LogP contribution in [0.25, 0.3) is 0 Å². The van der Waals surface area contributed by atoms with Crippen molar-refractivity contribution in [2.24, 2.45) is 10.8 Å². The van der Waals surface area contributed by atoms with E-state index in [4.69, 9.17) is 40.0 Å². The minimum absolute atomic E-state index is 0.00921. The number of aliphatic hydroxyl groups is 2. The molecule has 0 heterocycles. The van der Waals surface area contributed by atoms with Gasteiger partial charge in [-0.2, -0.15) is 12.6 Å². The number of thioether (sulfide) groups is 1. The largest absolute Gasteiger partial charge is 0.497 e. The van der Waals surface area contributed by atoms with Gasteiger partial charge in [0.1, 0.15) is 34.2 Å². The van der Waals surface area contributed by atoms with E-state index in [0.29, 0.717) is 16.4 Å². The van der Waals surface area contributed by atoms with Gasteiger partial charge in [0.25, 0.3) is 0 Å². The fourth-order valence-electron chi connectivity index (χ4n) is 7.18. The first-order chi connectivity index (χ1) is 34.5. The average Bonchev–Trinajstić information content (AvgIpc) is 3.42. The molecule has 0 unspecified atom stereocenters. The van der Waals surface area contributed by atoms with Crippen molar-refractivity contribution in [1.82, 2.24) is 0 Å². The van der Waals surface area contributed by atoms with Crippen molar-refractivity contribution in [3.8, 4) is 23.0 Å². The number of hydrogen-bond acceptors (Lipinski definition) is 12. The van der Waals surface area contributed by atoms with Crippen LogP contribution in [-0.4, -0.2) is 97.7 Å². The molecule has 0 aliphatic rings. The minimum Gasteiger partial charge on any atom is -0.497 e. The van der Waals surface area contributed by atoms with Gasteiger partial charge in [-0.05, 0) is 115 Å². The van der Waals surface area contributed by atoms with Gasteiger partial charge in [-0.1, -0.05) is 144 Å². The van der Waals surface area contributed by atoms with E-state index >= 15 is 0 Å². The monoisotopic (exact) mass is 1120 g/mol. The van der Waals surface area contributed by atoms with E-state index in [1.165, 1.54) is 0 Å². The molecule has 0 aliphatic carbocycles. The van der Waals surface area contributed by atoms with Gasteiger partial charge >= 0.3 is 5.97 Å². The first-order valence-electron chi connectivity index (χ1n) is 23.3. The Balaban J connectivity index is 0.000000338. The highest BCUT2D eigenvalue weighted by atomic mass is 127. The van der Waals surface area contributed by atoms with Crippen LogP contribution in [0, 0.1) is 10.8 Å². The predicted octanol–water partition coefficient (Wildman–Crippen LogP) is 11.4. The molecule has 14 heteroatoms. The van der Waals surface area contributed by atoms with E-state index in [9.17, 15) is 14.7 Å². The summed E-state index contributed by atoms with van der Waals surface area (Å²) in [6.07, 6.45) is 0. The number of halogens is 1. The molecule has 382 valence electrons. The number of alkyl halides is 1. The van der Waals surface area contributed by atoms with Gasteiger partial charge in [-0.25, -0.2) is 0 Å². The van der Waals surface area contributed by atoms with Crippen molar-refractivity contribution in [3.63, 3.8) is 0 Å². The molecule has 0 bridgehead atoms. The maximum Gasteiger partial charge on any atom is 0.311 e. The Morgan fingerprint density at radius 2 is 0.789 bits per heavy atom. The van der Waals surface area contributed by atoms with E-state index in [-0.39, 0.29) is 31.5 Å². The van der Waals surface area contributed by atoms with E-state index in [1.807, 2.05) is 194 Å². The Kier molecular flexibility index (Phi) is 24.8. The van der Waals surface area contributed by atoms with E-state index < -0.39 is 28.0 Å². The van der Waals surface area contributed by atoms with Crippen LogP contribution < -0.4 is 18.9 Å². The molecule has 0 saturated heterocycles. The molecule has 3 N–H and O–H groups in total. The van der Waals surface area contributed by atoms with Gasteiger partial charge < -0.3 is 43.7 Å². The molecule has 0 fully saturated rings. The number of carboxylic acids is 1. The minimum atomic E-state index is -1.07. The Morgan fingerprint density at radius 1 is 0.521 bits per heavy atom. The van der Waals surface area contributed by atoms with Gasteiger partial charge in [0.15, 0.2) is 5.12 Å². The summed E-state index contributed by atoms with van der Waals surface area (Å²) in [5.41, 5.74) is 1.57. The molecule has 0 amide bonds. The van der Waals surface area contributed by atoms with Gasteiger partial charge in [0, 0.05) is 12.9 Å². The van der Waals surface area contributed by atoms with Crippen LogP contribution in [0.2, 0.25) is 0 Å². The summed E-state index contributed by atoms with van der Waals surface area (Å²) < 4.78 is 41.0. The number of carbonyl (C=O) groups is 2. The number of thiol groups is 1. The fourth-order valence-corrected chi connectivity index (χ4v) is 7.91. The van der Waals surface area contributed by atoms with Crippen molar-refractivity contribution >= 4 is 58.1 Å². The molecule has 71 heavy (non-hydrogen) atoms. The van der Waals surface area contributed by atoms with Crippen LogP contribution in [0.15, 0.2) is 158 Å². The Labute approximate surface area is 445 Å². The highest BCUT2D eigenvalue weighted by Crippen LogP contribution is 2.45. The zero-order valence-electron chi connectivity index (χ0n) is 42.8. The number of aliphatic hydroxyl groups excluding tert-OH is 2. The van der Waals surface area contributed by atoms with Crippen LogP contribution in [0.5, 0.6) is 23.0 Å². The zero-order chi connectivity index (χ0) is 53.2. The first kappa shape index (κ1) is 58.5. The lowest BCUT2D eigenvalue weighted by atomic mass is 9.79. The molecule has 6 rings (SSSR count). The number of ether oxygens (including phenoxy) is 6. The maximum absolute atomic E-state index is 12.9. The smallest absolute Gasteiger partial charge is 0.311 e. The topological polar surface area (TPSA) is 150 Å². The summed E-state index contributed by atoms with van der Waals surface area (Å²) in [4.78, 5) is 25.1. The van der Waals surface area contributed by atoms with Crippen LogP contribution in [-0.2, 0) is 30.3 Å². The second kappa shape index (κ2) is 30.1. The molecule has 0 aromatic heterocycles. The summed E-state index contributed by atoms with van der Waals surface area (Å²) in [5, 5.41) is 26.6. The normalized spacial score (nSPS) is 11.5. The number of benzene rings is 6. The molecule has 6 aromatic carbocycles. The number of carboxylic acid groups (broad SMARTS) is 1. The van der Waals surface area contributed by atoms with Gasteiger partial charge in [0.05, 0.1) is 65.7 Å². The number of hydrogen-bond donors (Lipinski definition) is 4. The number of rotatable bonds is 21. The number of methoxy groups -OCH3 is 4. The summed E-state index contributed by atoms with van der Waals surface area (Å²) in [6, 6.07) is 50.7. The molecule has 6 aromatic rings. The molecule has 0 spiro atoms. The highest BCUT2D eigenvalue weighted by molar-refractivity contribution is 14.1.